The molecule has 0 unspecified atom stereocenters. The summed E-state index contributed by atoms with van der Waals surface area (Å²) >= 11 is 1.68. The zero-order chi connectivity index (χ0) is 21.4. The lowest BCUT2D eigenvalue weighted by Crippen LogP contribution is -2.50. The lowest BCUT2D eigenvalue weighted by Gasteiger charge is -2.34. The SMILES string of the molecule is CC(=O)N1CCN(C(=O)c2cc(-c3csc4ccccc34)cc(-n3cnnn3)c2)CC1. The van der Waals surface area contributed by atoms with Crippen LogP contribution in [0.4, 0.5) is 0 Å². The standard InChI is InChI=1S/C22H20N6O2S/c1-15(29)26-6-8-27(9-7-26)22(30)17-10-16(11-18(12-17)28-14-23-24-25-28)20-13-31-21-5-3-2-4-19(20)21/h2-5,10-14H,6-9H2,1H3. The van der Waals surface area contributed by atoms with Crippen molar-refractivity contribution in [2.45, 2.75) is 6.92 Å². The molecule has 1 saturated heterocycles. The third-order valence-corrected chi connectivity index (χ3v) is 6.55. The fourth-order valence-electron chi connectivity index (χ4n) is 3.91. The monoisotopic (exact) mass is 432 g/mol. The van der Waals surface area contributed by atoms with Gasteiger partial charge in [0.2, 0.25) is 5.91 Å². The molecular formula is C22H20N6O2S. The molecule has 1 aliphatic rings. The number of carbonyl (C=O) groups is 2. The van der Waals surface area contributed by atoms with Crippen LogP contribution in [0.2, 0.25) is 0 Å². The highest BCUT2D eigenvalue weighted by molar-refractivity contribution is 7.17. The Kier molecular flexibility index (Phi) is 4.95. The largest absolute Gasteiger partial charge is 0.339 e. The van der Waals surface area contributed by atoms with E-state index in [-0.39, 0.29) is 11.8 Å². The minimum absolute atomic E-state index is 0.0411. The first-order chi connectivity index (χ1) is 15.1. The Labute approximate surface area is 182 Å². The molecule has 9 heteroatoms. The molecule has 0 radical (unpaired) electrons. The normalized spacial score (nSPS) is 14.2. The zero-order valence-corrected chi connectivity index (χ0v) is 17.7. The Balaban J connectivity index is 1.54. The summed E-state index contributed by atoms with van der Waals surface area (Å²) in [6.07, 6.45) is 1.52. The number of nitrogens with zero attached hydrogens (tertiary/aromatic N) is 6. The topological polar surface area (TPSA) is 84.2 Å². The van der Waals surface area contributed by atoms with Crippen molar-refractivity contribution in [2.24, 2.45) is 0 Å². The van der Waals surface area contributed by atoms with Gasteiger partial charge in [-0.3, -0.25) is 9.59 Å². The number of rotatable bonds is 3. The van der Waals surface area contributed by atoms with Crippen molar-refractivity contribution >= 4 is 33.2 Å². The molecule has 3 heterocycles. The Morgan fingerprint density at radius 3 is 2.52 bits per heavy atom. The maximum atomic E-state index is 13.3. The lowest BCUT2D eigenvalue weighted by molar-refractivity contribution is -0.130. The van der Waals surface area contributed by atoms with Crippen LogP contribution >= 0.6 is 11.3 Å². The summed E-state index contributed by atoms with van der Waals surface area (Å²) in [6.45, 7) is 3.70. The molecule has 0 spiro atoms. The number of thiophene rings is 1. The summed E-state index contributed by atoms with van der Waals surface area (Å²) < 4.78 is 2.75. The van der Waals surface area contributed by atoms with Crippen LogP contribution in [0.15, 0.2) is 54.2 Å². The van der Waals surface area contributed by atoms with Gasteiger partial charge >= 0.3 is 0 Å². The van der Waals surface area contributed by atoms with Gasteiger partial charge < -0.3 is 9.80 Å². The number of aromatic nitrogens is 4. The van der Waals surface area contributed by atoms with Gasteiger partial charge in [0.1, 0.15) is 6.33 Å². The Morgan fingerprint density at radius 1 is 1.00 bits per heavy atom. The second-order valence-corrected chi connectivity index (χ2v) is 8.38. The minimum Gasteiger partial charge on any atom is -0.339 e. The lowest BCUT2D eigenvalue weighted by atomic mass is 10.0. The van der Waals surface area contributed by atoms with Crippen molar-refractivity contribution in [2.75, 3.05) is 26.2 Å². The highest BCUT2D eigenvalue weighted by Gasteiger charge is 2.24. The summed E-state index contributed by atoms with van der Waals surface area (Å²) in [4.78, 5) is 28.5. The van der Waals surface area contributed by atoms with Gasteiger partial charge in [-0.1, -0.05) is 18.2 Å². The fourth-order valence-corrected chi connectivity index (χ4v) is 4.88. The predicted molar refractivity (Wildman–Crippen MR) is 118 cm³/mol. The quantitative estimate of drug-likeness (QED) is 0.497. The molecule has 0 saturated carbocycles. The van der Waals surface area contributed by atoms with Crippen molar-refractivity contribution < 1.29 is 9.59 Å². The van der Waals surface area contributed by atoms with Crippen molar-refractivity contribution in [3.05, 3.63) is 59.7 Å². The molecule has 1 aliphatic heterocycles. The van der Waals surface area contributed by atoms with Crippen molar-refractivity contribution in [3.63, 3.8) is 0 Å². The number of tetrazole rings is 1. The van der Waals surface area contributed by atoms with Crippen LogP contribution in [0.1, 0.15) is 17.3 Å². The molecule has 5 rings (SSSR count). The average Bonchev–Trinajstić information content (AvgIpc) is 3.49. The van der Waals surface area contributed by atoms with E-state index in [4.69, 9.17) is 0 Å². The summed E-state index contributed by atoms with van der Waals surface area (Å²) in [7, 11) is 0. The van der Waals surface area contributed by atoms with E-state index in [2.05, 4.69) is 33.0 Å². The van der Waals surface area contributed by atoms with Crippen LogP contribution in [0.5, 0.6) is 0 Å². The fraction of sp³-hybridized carbons (Fsp3) is 0.227. The molecule has 1 fully saturated rings. The first kappa shape index (κ1) is 19.4. The van der Waals surface area contributed by atoms with Gasteiger partial charge in [0.25, 0.3) is 5.91 Å². The Bertz CT molecular complexity index is 1260. The van der Waals surface area contributed by atoms with E-state index in [1.54, 1.807) is 32.7 Å². The maximum Gasteiger partial charge on any atom is 0.254 e. The van der Waals surface area contributed by atoms with E-state index in [1.807, 2.05) is 30.3 Å². The van der Waals surface area contributed by atoms with Gasteiger partial charge in [-0.05, 0) is 45.6 Å². The Morgan fingerprint density at radius 2 is 1.77 bits per heavy atom. The molecule has 0 N–H and O–H groups in total. The van der Waals surface area contributed by atoms with E-state index in [9.17, 15) is 9.59 Å². The van der Waals surface area contributed by atoms with Crippen molar-refractivity contribution in [1.29, 1.82) is 0 Å². The molecule has 2 aromatic carbocycles. The van der Waals surface area contributed by atoms with E-state index in [0.717, 1.165) is 22.2 Å². The first-order valence-corrected chi connectivity index (χ1v) is 10.9. The number of carbonyl (C=O) groups excluding carboxylic acids is 2. The molecule has 2 aromatic heterocycles. The van der Waals surface area contributed by atoms with E-state index in [0.29, 0.717) is 31.7 Å². The molecule has 31 heavy (non-hydrogen) atoms. The van der Waals surface area contributed by atoms with Gasteiger partial charge in [-0.15, -0.1) is 16.4 Å². The van der Waals surface area contributed by atoms with Crippen LogP contribution in [0.3, 0.4) is 0 Å². The average molecular weight is 433 g/mol. The molecule has 0 aliphatic carbocycles. The summed E-state index contributed by atoms with van der Waals surface area (Å²) in [5, 5.41) is 14.7. The summed E-state index contributed by atoms with van der Waals surface area (Å²) in [6, 6.07) is 14.0. The summed E-state index contributed by atoms with van der Waals surface area (Å²) in [5.41, 5.74) is 3.32. The van der Waals surface area contributed by atoms with Gasteiger partial charge in [0.15, 0.2) is 0 Å². The molecule has 0 atom stereocenters. The van der Waals surface area contributed by atoms with E-state index in [1.165, 1.54) is 11.0 Å². The predicted octanol–water partition coefficient (Wildman–Crippen LogP) is 2.85. The molecule has 8 nitrogen and oxygen atoms in total. The molecule has 0 bridgehead atoms. The Hall–Kier alpha value is -3.59. The van der Waals surface area contributed by atoms with Gasteiger partial charge in [-0.2, -0.15) is 0 Å². The molecule has 156 valence electrons. The number of hydrogen-bond acceptors (Lipinski definition) is 6. The number of amides is 2. The second-order valence-electron chi connectivity index (χ2n) is 7.47. The van der Waals surface area contributed by atoms with Gasteiger partial charge in [0, 0.05) is 54.3 Å². The smallest absolute Gasteiger partial charge is 0.254 e. The van der Waals surface area contributed by atoms with Crippen LogP contribution in [-0.4, -0.2) is 68.0 Å². The molecular weight excluding hydrogens is 412 g/mol. The van der Waals surface area contributed by atoms with Crippen molar-refractivity contribution in [3.8, 4) is 16.8 Å². The maximum absolute atomic E-state index is 13.3. The third kappa shape index (κ3) is 3.68. The van der Waals surface area contributed by atoms with E-state index < -0.39 is 0 Å². The number of benzene rings is 2. The molecule has 2 amide bonds. The first-order valence-electron chi connectivity index (χ1n) is 10.00. The van der Waals surface area contributed by atoms with Crippen LogP contribution < -0.4 is 0 Å². The number of fused-ring (bicyclic) bond motifs is 1. The van der Waals surface area contributed by atoms with Gasteiger partial charge in [0.05, 0.1) is 5.69 Å². The molecule has 4 aromatic rings. The van der Waals surface area contributed by atoms with Crippen LogP contribution in [0, 0.1) is 0 Å². The highest BCUT2D eigenvalue weighted by atomic mass is 32.1. The number of piperazine rings is 1. The summed E-state index contributed by atoms with van der Waals surface area (Å²) in [5.74, 6) is -0.0155. The van der Waals surface area contributed by atoms with Crippen LogP contribution in [0.25, 0.3) is 26.9 Å². The van der Waals surface area contributed by atoms with Crippen LogP contribution in [-0.2, 0) is 4.79 Å². The highest BCUT2D eigenvalue weighted by Crippen LogP contribution is 2.35. The van der Waals surface area contributed by atoms with Gasteiger partial charge in [-0.25, -0.2) is 4.68 Å². The zero-order valence-electron chi connectivity index (χ0n) is 16.9. The third-order valence-electron chi connectivity index (χ3n) is 5.58. The second kappa shape index (κ2) is 7.92. The minimum atomic E-state index is -0.0566. The van der Waals surface area contributed by atoms with E-state index >= 15 is 0 Å². The number of hydrogen-bond donors (Lipinski definition) is 0. The van der Waals surface area contributed by atoms with Crippen molar-refractivity contribution in [1.82, 2.24) is 30.0 Å².